The molecule has 0 unspecified atom stereocenters. The molecule has 0 saturated heterocycles. The molecule has 20 heavy (non-hydrogen) atoms. The summed E-state index contributed by atoms with van der Waals surface area (Å²) in [5.74, 6) is 3.80. The summed E-state index contributed by atoms with van der Waals surface area (Å²) in [6.45, 7) is 0.282. The summed E-state index contributed by atoms with van der Waals surface area (Å²) < 4.78 is 32.1. The van der Waals surface area contributed by atoms with Crippen LogP contribution < -0.4 is 10.5 Å². The summed E-state index contributed by atoms with van der Waals surface area (Å²) in [5, 5.41) is 0. The van der Waals surface area contributed by atoms with Crippen LogP contribution in [0.4, 0.5) is 8.78 Å². The number of rotatable bonds is 3. The maximum absolute atomic E-state index is 13.4. The average molecular weight is 273 g/mol. The van der Waals surface area contributed by atoms with Crippen molar-refractivity contribution >= 4 is 0 Å². The third kappa shape index (κ3) is 3.34. The predicted molar refractivity (Wildman–Crippen MR) is 73.1 cm³/mol. The van der Waals surface area contributed by atoms with Gasteiger partial charge in [-0.15, -0.1) is 0 Å². The lowest BCUT2D eigenvalue weighted by molar-refractivity contribution is 0.274. The zero-order chi connectivity index (χ0) is 14.4. The fourth-order valence-electron chi connectivity index (χ4n) is 1.68. The lowest BCUT2D eigenvalue weighted by Crippen LogP contribution is -2.02. The summed E-state index contributed by atoms with van der Waals surface area (Å²) >= 11 is 0. The first kappa shape index (κ1) is 14.0. The van der Waals surface area contributed by atoms with Crippen molar-refractivity contribution in [2.45, 2.75) is 6.61 Å². The molecule has 0 aromatic heterocycles. The minimum absolute atomic E-state index is 0.0350. The van der Waals surface area contributed by atoms with Crippen LogP contribution >= 0.6 is 0 Å². The molecule has 0 amide bonds. The van der Waals surface area contributed by atoms with Crippen molar-refractivity contribution in [1.82, 2.24) is 0 Å². The van der Waals surface area contributed by atoms with Crippen LogP contribution in [0.5, 0.6) is 5.75 Å². The van der Waals surface area contributed by atoms with E-state index in [4.69, 9.17) is 10.5 Å². The van der Waals surface area contributed by atoms with Crippen LogP contribution in [0.3, 0.4) is 0 Å². The molecule has 2 N–H and O–H groups in total. The highest BCUT2D eigenvalue weighted by atomic mass is 19.1. The standard InChI is InChI=1S/C16H13F2NO/c17-14-8-3-9-15(18)16(14)20-11-13-6-2-1-5-12(13)7-4-10-19/h1-3,5-6,8-9H,10-11,19H2. The SMILES string of the molecule is NCC#Cc1ccccc1COc1c(F)cccc1F. The number of nitrogens with two attached hydrogens (primary N) is 1. The van der Waals surface area contributed by atoms with Gasteiger partial charge in [0, 0.05) is 11.1 Å². The van der Waals surface area contributed by atoms with E-state index in [-0.39, 0.29) is 18.9 Å². The van der Waals surface area contributed by atoms with Crippen LogP contribution in [0.15, 0.2) is 42.5 Å². The van der Waals surface area contributed by atoms with Crippen LogP contribution in [-0.4, -0.2) is 6.54 Å². The van der Waals surface area contributed by atoms with Gasteiger partial charge in [-0.05, 0) is 18.2 Å². The minimum atomic E-state index is -0.726. The molecule has 0 bridgehead atoms. The van der Waals surface area contributed by atoms with Crippen molar-refractivity contribution in [3.8, 4) is 17.6 Å². The molecular formula is C16H13F2NO. The van der Waals surface area contributed by atoms with E-state index in [1.165, 1.54) is 6.07 Å². The summed E-state index contributed by atoms with van der Waals surface area (Å²) in [7, 11) is 0. The molecule has 102 valence electrons. The van der Waals surface area contributed by atoms with Gasteiger partial charge in [-0.2, -0.15) is 0 Å². The second-order valence-corrected chi connectivity index (χ2v) is 4.00. The third-order valence-electron chi connectivity index (χ3n) is 2.63. The molecule has 0 fully saturated rings. The largest absolute Gasteiger partial charge is 0.483 e. The lowest BCUT2D eigenvalue weighted by atomic mass is 10.1. The number of hydrogen-bond donors (Lipinski definition) is 1. The molecule has 2 rings (SSSR count). The molecule has 0 aliphatic heterocycles. The molecule has 2 aromatic carbocycles. The molecule has 0 radical (unpaired) electrons. The Morgan fingerprint density at radius 2 is 1.70 bits per heavy atom. The fraction of sp³-hybridized carbons (Fsp3) is 0.125. The van der Waals surface area contributed by atoms with E-state index in [0.717, 1.165) is 23.3 Å². The molecular weight excluding hydrogens is 260 g/mol. The van der Waals surface area contributed by atoms with Gasteiger partial charge >= 0.3 is 0 Å². The summed E-state index contributed by atoms with van der Waals surface area (Å²) in [6, 6.07) is 10.8. The van der Waals surface area contributed by atoms with Crippen molar-refractivity contribution in [2.75, 3.05) is 6.54 Å². The maximum Gasteiger partial charge on any atom is 0.191 e. The lowest BCUT2D eigenvalue weighted by Gasteiger charge is -2.09. The highest BCUT2D eigenvalue weighted by Crippen LogP contribution is 2.22. The highest BCUT2D eigenvalue weighted by molar-refractivity contribution is 5.41. The quantitative estimate of drug-likeness (QED) is 0.873. The van der Waals surface area contributed by atoms with Gasteiger partial charge < -0.3 is 10.5 Å². The van der Waals surface area contributed by atoms with Gasteiger partial charge in [0.05, 0.1) is 6.54 Å². The summed E-state index contributed by atoms with van der Waals surface area (Å²) in [5.41, 5.74) is 6.80. The normalized spacial score (nSPS) is 9.75. The molecule has 0 saturated carbocycles. The van der Waals surface area contributed by atoms with Crippen LogP contribution in [-0.2, 0) is 6.61 Å². The number of benzene rings is 2. The zero-order valence-corrected chi connectivity index (χ0v) is 10.7. The third-order valence-corrected chi connectivity index (χ3v) is 2.63. The summed E-state index contributed by atoms with van der Waals surface area (Å²) in [6.07, 6.45) is 0. The second-order valence-electron chi connectivity index (χ2n) is 4.00. The highest BCUT2D eigenvalue weighted by Gasteiger charge is 2.10. The van der Waals surface area contributed by atoms with E-state index < -0.39 is 11.6 Å². The average Bonchev–Trinajstić information content (AvgIpc) is 2.45. The monoisotopic (exact) mass is 273 g/mol. The van der Waals surface area contributed by atoms with E-state index in [2.05, 4.69) is 11.8 Å². The Bertz CT molecular complexity index is 639. The summed E-state index contributed by atoms with van der Waals surface area (Å²) in [4.78, 5) is 0. The topological polar surface area (TPSA) is 35.2 Å². The fourth-order valence-corrected chi connectivity index (χ4v) is 1.68. The van der Waals surface area contributed by atoms with E-state index in [1.807, 2.05) is 12.1 Å². The molecule has 0 aliphatic rings. The van der Waals surface area contributed by atoms with Crippen molar-refractivity contribution < 1.29 is 13.5 Å². The van der Waals surface area contributed by atoms with Gasteiger partial charge in [0.25, 0.3) is 0 Å². The van der Waals surface area contributed by atoms with Crippen molar-refractivity contribution in [2.24, 2.45) is 5.73 Å². The molecule has 4 heteroatoms. The van der Waals surface area contributed by atoms with Crippen molar-refractivity contribution in [1.29, 1.82) is 0 Å². The van der Waals surface area contributed by atoms with Gasteiger partial charge in [0.1, 0.15) is 6.61 Å². The predicted octanol–water partition coefficient (Wildman–Crippen LogP) is 2.85. The van der Waals surface area contributed by atoms with E-state index >= 15 is 0 Å². The Labute approximate surface area is 116 Å². The van der Waals surface area contributed by atoms with Gasteiger partial charge in [0.15, 0.2) is 17.4 Å². The van der Waals surface area contributed by atoms with Crippen molar-refractivity contribution in [3.63, 3.8) is 0 Å². The molecule has 0 aliphatic carbocycles. The Morgan fingerprint density at radius 3 is 2.40 bits per heavy atom. The maximum atomic E-state index is 13.4. The van der Waals surface area contributed by atoms with Crippen LogP contribution in [0.1, 0.15) is 11.1 Å². The molecule has 2 aromatic rings. The van der Waals surface area contributed by atoms with Gasteiger partial charge in [-0.3, -0.25) is 0 Å². The number of hydrogen-bond acceptors (Lipinski definition) is 2. The van der Waals surface area contributed by atoms with Crippen LogP contribution in [0, 0.1) is 23.5 Å². The van der Waals surface area contributed by atoms with Crippen LogP contribution in [0.2, 0.25) is 0 Å². The molecule has 2 nitrogen and oxygen atoms in total. The first-order valence-electron chi connectivity index (χ1n) is 6.06. The van der Waals surface area contributed by atoms with Gasteiger partial charge in [-0.25, -0.2) is 8.78 Å². The van der Waals surface area contributed by atoms with E-state index in [9.17, 15) is 8.78 Å². The number of halogens is 2. The number of para-hydroxylation sites is 1. The first-order chi connectivity index (χ1) is 9.72. The zero-order valence-electron chi connectivity index (χ0n) is 10.7. The Morgan fingerprint density at radius 1 is 1.00 bits per heavy atom. The molecule has 0 heterocycles. The van der Waals surface area contributed by atoms with Crippen molar-refractivity contribution in [3.05, 3.63) is 65.2 Å². The van der Waals surface area contributed by atoms with E-state index in [1.54, 1.807) is 12.1 Å². The Hall–Kier alpha value is -2.38. The Kier molecular flexibility index (Phi) is 4.70. The molecule has 0 atom stereocenters. The van der Waals surface area contributed by atoms with Gasteiger partial charge in [-0.1, -0.05) is 36.1 Å². The Balaban J connectivity index is 2.19. The number of ether oxygens (including phenoxy) is 1. The molecule has 0 spiro atoms. The van der Waals surface area contributed by atoms with Gasteiger partial charge in [0.2, 0.25) is 0 Å². The smallest absolute Gasteiger partial charge is 0.191 e. The van der Waals surface area contributed by atoms with Crippen LogP contribution in [0.25, 0.3) is 0 Å². The minimum Gasteiger partial charge on any atom is -0.483 e. The van der Waals surface area contributed by atoms with E-state index in [0.29, 0.717) is 0 Å². The first-order valence-corrected chi connectivity index (χ1v) is 6.06. The second kappa shape index (κ2) is 6.69.